The Morgan fingerprint density at radius 1 is 0.897 bits per heavy atom. The van der Waals surface area contributed by atoms with Gasteiger partial charge in [-0.15, -0.1) is 0 Å². The number of rotatable bonds is 6. The molecule has 29 heavy (non-hydrogen) atoms. The number of amides is 2. The van der Waals surface area contributed by atoms with Gasteiger partial charge in [-0.05, 0) is 60.9 Å². The highest BCUT2D eigenvalue weighted by Crippen LogP contribution is 2.25. The summed E-state index contributed by atoms with van der Waals surface area (Å²) in [7, 11) is 0. The number of carbonyl (C=O) groups excluding carboxylic acids is 2. The van der Waals surface area contributed by atoms with Gasteiger partial charge in [-0.1, -0.05) is 25.1 Å². The van der Waals surface area contributed by atoms with Gasteiger partial charge in [0.15, 0.2) is 0 Å². The van der Waals surface area contributed by atoms with E-state index in [9.17, 15) is 9.59 Å². The molecule has 0 saturated heterocycles. The summed E-state index contributed by atoms with van der Waals surface area (Å²) < 4.78 is 0. The van der Waals surface area contributed by atoms with E-state index in [0.717, 1.165) is 23.4 Å². The third-order valence-electron chi connectivity index (χ3n) is 4.47. The Morgan fingerprint density at radius 2 is 1.55 bits per heavy atom. The van der Waals surface area contributed by atoms with Crippen LogP contribution in [-0.2, 0) is 11.2 Å². The van der Waals surface area contributed by atoms with Crippen molar-refractivity contribution in [2.24, 2.45) is 0 Å². The Hall–Kier alpha value is -3.67. The van der Waals surface area contributed by atoms with Crippen molar-refractivity contribution in [3.63, 3.8) is 0 Å². The molecule has 6 nitrogen and oxygen atoms in total. The highest BCUT2D eigenvalue weighted by atomic mass is 16.2. The monoisotopic (exact) mass is 388 g/mol. The molecule has 0 unspecified atom stereocenters. The number of hydrogen-bond donors (Lipinski definition) is 3. The van der Waals surface area contributed by atoms with Crippen molar-refractivity contribution < 1.29 is 9.59 Å². The molecular weight excluding hydrogens is 364 g/mol. The highest BCUT2D eigenvalue weighted by Gasteiger charge is 2.09. The van der Waals surface area contributed by atoms with E-state index in [4.69, 9.17) is 0 Å². The normalized spacial score (nSPS) is 10.3. The molecule has 148 valence electrons. The molecule has 2 amide bonds. The molecule has 2 aromatic carbocycles. The molecule has 0 fully saturated rings. The number of benzene rings is 2. The second-order valence-electron chi connectivity index (χ2n) is 6.73. The SMILES string of the molecule is CCc1cccc(C)c1Nc1ccc(C(=O)Nc2ccc(NC(C)=O)cc2)nc1. The van der Waals surface area contributed by atoms with E-state index in [2.05, 4.69) is 46.9 Å². The predicted molar refractivity (Wildman–Crippen MR) is 117 cm³/mol. The lowest BCUT2D eigenvalue weighted by Gasteiger charge is -2.14. The van der Waals surface area contributed by atoms with Crippen LogP contribution >= 0.6 is 0 Å². The molecule has 0 aliphatic carbocycles. The maximum atomic E-state index is 12.4. The maximum absolute atomic E-state index is 12.4. The summed E-state index contributed by atoms with van der Waals surface area (Å²) >= 11 is 0. The molecule has 0 aliphatic heterocycles. The highest BCUT2D eigenvalue weighted by molar-refractivity contribution is 6.03. The van der Waals surface area contributed by atoms with Crippen LogP contribution in [0.15, 0.2) is 60.8 Å². The lowest BCUT2D eigenvalue weighted by atomic mass is 10.1. The Balaban J connectivity index is 1.67. The van der Waals surface area contributed by atoms with Crippen molar-refractivity contribution in [3.8, 4) is 0 Å². The molecule has 0 aliphatic rings. The zero-order valence-corrected chi connectivity index (χ0v) is 16.7. The van der Waals surface area contributed by atoms with Crippen molar-refractivity contribution in [3.05, 3.63) is 77.6 Å². The summed E-state index contributed by atoms with van der Waals surface area (Å²) in [5.74, 6) is -0.439. The number of nitrogens with zero attached hydrogens (tertiary/aromatic N) is 1. The number of pyridine rings is 1. The van der Waals surface area contributed by atoms with Crippen molar-refractivity contribution in [1.82, 2.24) is 4.98 Å². The van der Waals surface area contributed by atoms with Crippen LogP contribution in [-0.4, -0.2) is 16.8 Å². The lowest BCUT2D eigenvalue weighted by molar-refractivity contribution is -0.114. The summed E-state index contributed by atoms with van der Waals surface area (Å²) in [5, 5.41) is 8.89. The minimum absolute atomic E-state index is 0.142. The van der Waals surface area contributed by atoms with Gasteiger partial charge in [-0.3, -0.25) is 9.59 Å². The van der Waals surface area contributed by atoms with Crippen molar-refractivity contribution in [1.29, 1.82) is 0 Å². The zero-order valence-electron chi connectivity index (χ0n) is 16.7. The third-order valence-corrected chi connectivity index (χ3v) is 4.47. The van der Waals surface area contributed by atoms with Gasteiger partial charge in [-0.2, -0.15) is 0 Å². The average Bonchev–Trinajstić information content (AvgIpc) is 2.71. The molecule has 0 atom stereocenters. The van der Waals surface area contributed by atoms with Crippen LogP contribution < -0.4 is 16.0 Å². The molecule has 0 bridgehead atoms. The summed E-state index contributed by atoms with van der Waals surface area (Å²) in [6.07, 6.45) is 2.58. The van der Waals surface area contributed by atoms with E-state index in [0.29, 0.717) is 17.1 Å². The first-order valence-corrected chi connectivity index (χ1v) is 9.47. The van der Waals surface area contributed by atoms with Crippen LogP contribution in [0.3, 0.4) is 0 Å². The number of aryl methyl sites for hydroxylation is 2. The molecular formula is C23H24N4O2. The fraction of sp³-hybridized carbons (Fsp3) is 0.174. The van der Waals surface area contributed by atoms with Gasteiger partial charge in [0.1, 0.15) is 5.69 Å². The van der Waals surface area contributed by atoms with Gasteiger partial charge < -0.3 is 16.0 Å². The number of aromatic nitrogens is 1. The van der Waals surface area contributed by atoms with E-state index in [1.54, 1.807) is 36.5 Å². The maximum Gasteiger partial charge on any atom is 0.274 e. The van der Waals surface area contributed by atoms with Crippen LogP contribution in [0.2, 0.25) is 0 Å². The van der Waals surface area contributed by atoms with Crippen LogP contribution in [0.5, 0.6) is 0 Å². The third kappa shape index (κ3) is 5.19. The van der Waals surface area contributed by atoms with Gasteiger partial charge in [-0.25, -0.2) is 4.98 Å². The van der Waals surface area contributed by atoms with Gasteiger partial charge in [0.2, 0.25) is 5.91 Å². The molecule has 0 radical (unpaired) electrons. The molecule has 3 aromatic rings. The fourth-order valence-electron chi connectivity index (χ4n) is 2.98. The molecule has 1 aromatic heterocycles. The molecule has 6 heteroatoms. The van der Waals surface area contributed by atoms with Gasteiger partial charge in [0, 0.05) is 24.0 Å². The molecule has 3 N–H and O–H groups in total. The van der Waals surface area contributed by atoms with Gasteiger partial charge in [0.25, 0.3) is 5.91 Å². The first-order chi connectivity index (χ1) is 14.0. The number of nitrogens with one attached hydrogen (secondary N) is 3. The van der Waals surface area contributed by atoms with E-state index < -0.39 is 0 Å². The first kappa shape index (κ1) is 20.1. The topological polar surface area (TPSA) is 83.1 Å². The smallest absolute Gasteiger partial charge is 0.274 e. The Bertz CT molecular complexity index is 1010. The number of anilines is 4. The molecule has 0 saturated carbocycles. The van der Waals surface area contributed by atoms with Crippen LogP contribution in [0.4, 0.5) is 22.7 Å². The zero-order chi connectivity index (χ0) is 20.8. The molecule has 0 spiro atoms. The van der Waals surface area contributed by atoms with Crippen LogP contribution in [0, 0.1) is 6.92 Å². The quantitative estimate of drug-likeness (QED) is 0.560. The number of carbonyl (C=O) groups is 2. The minimum Gasteiger partial charge on any atom is -0.354 e. The second-order valence-corrected chi connectivity index (χ2v) is 6.73. The summed E-state index contributed by atoms with van der Waals surface area (Å²) in [5.41, 5.74) is 5.91. The summed E-state index contributed by atoms with van der Waals surface area (Å²) in [6, 6.07) is 16.6. The van der Waals surface area contributed by atoms with E-state index in [1.807, 2.05) is 12.1 Å². The Morgan fingerprint density at radius 3 is 2.14 bits per heavy atom. The van der Waals surface area contributed by atoms with Crippen molar-refractivity contribution in [2.75, 3.05) is 16.0 Å². The first-order valence-electron chi connectivity index (χ1n) is 9.47. The lowest BCUT2D eigenvalue weighted by Crippen LogP contribution is -2.13. The predicted octanol–water partition coefficient (Wildman–Crippen LogP) is 4.91. The van der Waals surface area contributed by atoms with Crippen molar-refractivity contribution >= 4 is 34.6 Å². The Kier molecular flexibility index (Phi) is 6.24. The number of hydrogen-bond acceptors (Lipinski definition) is 4. The largest absolute Gasteiger partial charge is 0.354 e. The Labute approximate surface area is 170 Å². The molecule has 1 heterocycles. The van der Waals surface area contributed by atoms with Gasteiger partial charge >= 0.3 is 0 Å². The standard InChI is InChI=1S/C23H24N4O2/c1-4-17-7-5-6-15(2)22(17)26-20-12-13-21(24-14-20)23(29)27-19-10-8-18(9-11-19)25-16(3)28/h5-14,26H,4H2,1-3H3,(H,25,28)(H,27,29). The summed E-state index contributed by atoms with van der Waals surface area (Å²) in [4.78, 5) is 27.8. The fourth-order valence-corrected chi connectivity index (χ4v) is 2.98. The second kappa shape index (κ2) is 9.01. The molecule has 3 rings (SSSR count). The van der Waals surface area contributed by atoms with Crippen LogP contribution in [0.1, 0.15) is 35.5 Å². The van der Waals surface area contributed by atoms with E-state index in [1.165, 1.54) is 12.5 Å². The minimum atomic E-state index is -0.297. The van der Waals surface area contributed by atoms with E-state index >= 15 is 0 Å². The van der Waals surface area contributed by atoms with Crippen molar-refractivity contribution in [2.45, 2.75) is 27.2 Å². The van der Waals surface area contributed by atoms with Crippen LogP contribution in [0.25, 0.3) is 0 Å². The van der Waals surface area contributed by atoms with E-state index in [-0.39, 0.29) is 11.8 Å². The summed E-state index contributed by atoms with van der Waals surface area (Å²) in [6.45, 7) is 5.63. The average molecular weight is 388 g/mol. The number of para-hydroxylation sites is 1. The van der Waals surface area contributed by atoms with Gasteiger partial charge in [0.05, 0.1) is 11.9 Å².